The quantitative estimate of drug-likeness (QED) is 0.0558. The number of hydrogen-bond donors (Lipinski definition) is 1. The molecule has 1 N–H and O–H groups in total. The van der Waals surface area contributed by atoms with Gasteiger partial charge in [0.1, 0.15) is 6.61 Å². The van der Waals surface area contributed by atoms with E-state index < -0.39 is 6.10 Å². The Morgan fingerprint density at radius 3 is 1.57 bits per heavy atom. The third-order valence-corrected chi connectivity index (χ3v) is 6.91. The zero-order valence-corrected chi connectivity index (χ0v) is 26.1. The highest BCUT2D eigenvalue weighted by Gasteiger charge is 2.16. The van der Waals surface area contributed by atoms with Crippen LogP contribution in [0.25, 0.3) is 0 Å². The third kappa shape index (κ3) is 29.1. The number of carbonyl (C=O) groups is 2. The number of esters is 2. The topological polar surface area (TPSA) is 72.8 Å². The van der Waals surface area contributed by atoms with Crippen molar-refractivity contribution in [2.75, 3.05) is 13.2 Å². The molecule has 1 atom stereocenters. The van der Waals surface area contributed by atoms with Crippen molar-refractivity contribution in [1.82, 2.24) is 0 Å². The van der Waals surface area contributed by atoms with Crippen molar-refractivity contribution in [3.8, 4) is 0 Å². The normalized spacial score (nSPS) is 12.6. The average Bonchev–Trinajstić information content (AvgIpc) is 2.96. The molecule has 0 aliphatic carbocycles. The van der Waals surface area contributed by atoms with Gasteiger partial charge in [-0.1, -0.05) is 115 Å². The first kappa shape index (κ1) is 38.1. The van der Waals surface area contributed by atoms with Gasteiger partial charge in [-0.05, 0) is 64.2 Å². The minimum absolute atomic E-state index is 0.0762. The molecule has 0 aliphatic rings. The van der Waals surface area contributed by atoms with Crippen molar-refractivity contribution in [2.45, 2.75) is 161 Å². The number of allylic oxidation sites excluding steroid dienone is 6. The van der Waals surface area contributed by atoms with Crippen molar-refractivity contribution < 1.29 is 24.2 Å². The van der Waals surface area contributed by atoms with Gasteiger partial charge in [-0.2, -0.15) is 0 Å². The first-order valence-corrected chi connectivity index (χ1v) is 16.5. The van der Waals surface area contributed by atoms with Crippen molar-refractivity contribution in [3.05, 3.63) is 36.5 Å². The van der Waals surface area contributed by atoms with Crippen LogP contribution in [-0.4, -0.2) is 36.4 Å². The molecule has 40 heavy (non-hydrogen) atoms. The highest BCUT2D eigenvalue weighted by atomic mass is 16.6. The van der Waals surface area contributed by atoms with Gasteiger partial charge in [0.25, 0.3) is 0 Å². The molecule has 0 bridgehead atoms. The fraction of sp³-hybridized carbons (Fsp3) is 0.771. The van der Waals surface area contributed by atoms with E-state index in [4.69, 9.17) is 9.47 Å². The van der Waals surface area contributed by atoms with Crippen molar-refractivity contribution in [1.29, 1.82) is 0 Å². The van der Waals surface area contributed by atoms with Crippen LogP contribution in [0, 0.1) is 0 Å². The van der Waals surface area contributed by atoms with Gasteiger partial charge in [0, 0.05) is 12.8 Å². The molecule has 0 unspecified atom stereocenters. The van der Waals surface area contributed by atoms with E-state index in [2.05, 4.69) is 50.3 Å². The molecule has 5 heteroatoms. The van der Waals surface area contributed by atoms with E-state index in [0.717, 1.165) is 57.8 Å². The SMILES string of the molecule is CCCC/C=C/C/C=C/CCCCCCCC(=O)OC[C@H](CO)OC(=O)CCCCCCC/C=C/CCCCC. The number of unbranched alkanes of at least 4 members (excludes halogenated alkanes) is 15. The largest absolute Gasteiger partial charge is 0.462 e. The van der Waals surface area contributed by atoms with Crippen molar-refractivity contribution in [3.63, 3.8) is 0 Å². The Morgan fingerprint density at radius 2 is 1.02 bits per heavy atom. The van der Waals surface area contributed by atoms with Crippen LogP contribution in [0.5, 0.6) is 0 Å². The molecule has 0 spiro atoms. The summed E-state index contributed by atoms with van der Waals surface area (Å²) in [6.07, 6.45) is 36.2. The lowest BCUT2D eigenvalue weighted by Crippen LogP contribution is -2.28. The Kier molecular flexibility index (Phi) is 30.2. The van der Waals surface area contributed by atoms with Gasteiger partial charge in [0.15, 0.2) is 6.10 Å². The van der Waals surface area contributed by atoms with E-state index >= 15 is 0 Å². The van der Waals surface area contributed by atoms with E-state index in [-0.39, 0.29) is 25.2 Å². The number of aliphatic hydroxyl groups is 1. The lowest BCUT2D eigenvalue weighted by atomic mass is 10.1. The summed E-state index contributed by atoms with van der Waals surface area (Å²) in [7, 11) is 0. The van der Waals surface area contributed by atoms with E-state index in [1.807, 2.05) is 0 Å². The molecule has 232 valence electrons. The van der Waals surface area contributed by atoms with Gasteiger partial charge >= 0.3 is 11.9 Å². The number of ether oxygens (including phenoxy) is 2. The molecule has 0 heterocycles. The summed E-state index contributed by atoms with van der Waals surface area (Å²) in [6, 6.07) is 0. The fourth-order valence-corrected chi connectivity index (χ4v) is 4.33. The fourth-order valence-electron chi connectivity index (χ4n) is 4.33. The summed E-state index contributed by atoms with van der Waals surface area (Å²) >= 11 is 0. The second-order valence-electron chi connectivity index (χ2n) is 10.9. The molecule has 0 fully saturated rings. The Hall–Kier alpha value is -1.88. The number of rotatable bonds is 29. The predicted octanol–water partition coefficient (Wildman–Crippen LogP) is 9.72. The summed E-state index contributed by atoms with van der Waals surface area (Å²) in [5.74, 6) is -0.622. The minimum atomic E-state index is -0.777. The molecule has 0 aromatic heterocycles. The Balaban J connectivity index is 3.63. The highest BCUT2D eigenvalue weighted by molar-refractivity contribution is 5.70. The van der Waals surface area contributed by atoms with Gasteiger partial charge in [-0.3, -0.25) is 9.59 Å². The summed E-state index contributed by atoms with van der Waals surface area (Å²) in [4.78, 5) is 24.1. The van der Waals surface area contributed by atoms with Gasteiger partial charge < -0.3 is 14.6 Å². The van der Waals surface area contributed by atoms with Gasteiger partial charge in [-0.25, -0.2) is 0 Å². The number of hydrogen-bond acceptors (Lipinski definition) is 5. The van der Waals surface area contributed by atoms with Crippen LogP contribution in [0.15, 0.2) is 36.5 Å². The highest BCUT2D eigenvalue weighted by Crippen LogP contribution is 2.11. The molecule has 0 rings (SSSR count). The maximum Gasteiger partial charge on any atom is 0.306 e. The number of aliphatic hydroxyl groups excluding tert-OH is 1. The van der Waals surface area contributed by atoms with Crippen molar-refractivity contribution >= 4 is 11.9 Å². The molecule has 0 saturated heterocycles. The first-order chi connectivity index (χ1) is 19.6. The summed E-state index contributed by atoms with van der Waals surface area (Å²) in [6.45, 7) is 4.03. The zero-order chi connectivity index (χ0) is 29.4. The van der Waals surface area contributed by atoms with Crippen molar-refractivity contribution in [2.24, 2.45) is 0 Å². The van der Waals surface area contributed by atoms with Crippen LogP contribution in [-0.2, 0) is 19.1 Å². The number of carbonyl (C=O) groups excluding carboxylic acids is 2. The monoisotopic (exact) mass is 562 g/mol. The molecule has 0 aliphatic heterocycles. The first-order valence-electron chi connectivity index (χ1n) is 16.5. The van der Waals surface area contributed by atoms with Crippen LogP contribution in [0.3, 0.4) is 0 Å². The Labute approximate surface area is 246 Å². The van der Waals surface area contributed by atoms with Crippen LogP contribution in [0.4, 0.5) is 0 Å². The molecule has 0 amide bonds. The summed E-state index contributed by atoms with van der Waals surface area (Å²) in [5, 5.41) is 9.49. The molecule has 0 aromatic rings. The lowest BCUT2D eigenvalue weighted by Gasteiger charge is -2.15. The Bertz CT molecular complexity index is 652. The lowest BCUT2D eigenvalue weighted by molar-refractivity contribution is -0.161. The molecule has 0 saturated carbocycles. The predicted molar refractivity (Wildman–Crippen MR) is 168 cm³/mol. The molecule has 0 radical (unpaired) electrons. The maximum absolute atomic E-state index is 12.1. The van der Waals surface area contributed by atoms with Gasteiger partial charge in [0.05, 0.1) is 6.61 Å². The van der Waals surface area contributed by atoms with E-state index in [1.165, 1.54) is 70.6 Å². The maximum atomic E-state index is 12.1. The average molecular weight is 563 g/mol. The molecule has 5 nitrogen and oxygen atoms in total. The van der Waals surface area contributed by atoms with Crippen LogP contribution in [0.2, 0.25) is 0 Å². The third-order valence-electron chi connectivity index (χ3n) is 6.91. The minimum Gasteiger partial charge on any atom is -0.462 e. The van der Waals surface area contributed by atoms with Gasteiger partial charge in [0.2, 0.25) is 0 Å². The molecular weight excluding hydrogens is 500 g/mol. The summed E-state index contributed by atoms with van der Waals surface area (Å²) in [5.41, 5.74) is 0. The molecular formula is C35H62O5. The second-order valence-corrected chi connectivity index (χ2v) is 10.9. The van der Waals surface area contributed by atoms with E-state index in [1.54, 1.807) is 0 Å². The smallest absolute Gasteiger partial charge is 0.306 e. The second kappa shape index (κ2) is 31.6. The van der Waals surface area contributed by atoms with Crippen LogP contribution >= 0.6 is 0 Å². The van der Waals surface area contributed by atoms with E-state index in [0.29, 0.717) is 12.8 Å². The van der Waals surface area contributed by atoms with Crippen LogP contribution in [0.1, 0.15) is 155 Å². The molecule has 0 aromatic carbocycles. The standard InChI is InChI=1S/C35H62O5/c1-3-5-7-9-11-13-15-17-18-20-21-23-25-27-29-34(37)39-32-33(31-36)40-35(38)30-28-26-24-22-19-16-14-12-10-8-6-4-2/h9,11-12,14-15,17,33,36H,3-8,10,13,16,18-32H2,1-2H3/b11-9+,14-12+,17-15+/t33-/m0/s1. The van der Waals surface area contributed by atoms with E-state index in [9.17, 15) is 14.7 Å². The van der Waals surface area contributed by atoms with Crippen LogP contribution < -0.4 is 0 Å². The summed E-state index contributed by atoms with van der Waals surface area (Å²) < 4.78 is 10.5. The zero-order valence-electron chi connectivity index (χ0n) is 26.1. The Morgan fingerprint density at radius 1 is 0.575 bits per heavy atom. The van der Waals surface area contributed by atoms with Gasteiger partial charge in [-0.15, -0.1) is 0 Å².